The zero-order valence-electron chi connectivity index (χ0n) is 11.2. The van der Waals surface area contributed by atoms with Crippen LogP contribution >= 0.6 is 0 Å². The van der Waals surface area contributed by atoms with Crippen molar-refractivity contribution < 1.29 is 4.92 Å². The number of quaternary nitrogens is 1. The molecular formula is C12H18N4O3. The van der Waals surface area contributed by atoms with Crippen molar-refractivity contribution in [2.24, 2.45) is 0 Å². The summed E-state index contributed by atoms with van der Waals surface area (Å²) >= 11 is 0. The van der Waals surface area contributed by atoms with Gasteiger partial charge in [-0.05, 0) is 33.1 Å². The molecule has 1 saturated heterocycles. The molecule has 1 aliphatic heterocycles. The van der Waals surface area contributed by atoms with Gasteiger partial charge in [-0.25, -0.2) is 4.76 Å². The summed E-state index contributed by atoms with van der Waals surface area (Å²) in [6, 6.07) is 1.52. The number of rotatable bonds is 2. The quantitative estimate of drug-likeness (QED) is 0.383. The van der Waals surface area contributed by atoms with Gasteiger partial charge < -0.3 is 5.21 Å². The Kier molecular flexibility index (Phi) is 3.79. The lowest BCUT2D eigenvalue weighted by molar-refractivity contribution is -0.385. The van der Waals surface area contributed by atoms with E-state index in [0.717, 1.165) is 19.3 Å². The minimum Gasteiger partial charge on any atom is -0.606 e. The van der Waals surface area contributed by atoms with Gasteiger partial charge in [0.05, 0.1) is 4.92 Å². The molecule has 0 spiro atoms. The topological polar surface area (TPSA) is 91.1 Å². The lowest BCUT2D eigenvalue weighted by Gasteiger charge is -2.39. The number of nitrogens with zero attached hydrogens (tertiary/aromatic N) is 3. The Bertz CT molecular complexity index is 496. The summed E-state index contributed by atoms with van der Waals surface area (Å²) in [6.07, 6.45) is 2.64. The first-order chi connectivity index (χ1) is 8.94. The molecule has 1 aliphatic rings. The zero-order chi connectivity index (χ0) is 14.0. The van der Waals surface area contributed by atoms with Crippen LogP contribution in [0, 0.1) is 29.2 Å². The van der Waals surface area contributed by atoms with E-state index in [0.29, 0.717) is 24.5 Å². The van der Waals surface area contributed by atoms with Crippen LogP contribution < -0.4 is 10.2 Å². The minimum atomic E-state index is -0.833. The van der Waals surface area contributed by atoms with E-state index in [1.54, 1.807) is 13.8 Å². The summed E-state index contributed by atoms with van der Waals surface area (Å²) in [6.45, 7) is 4.19. The number of aryl methyl sites for hydroxylation is 2. The van der Waals surface area contributed by atoms with Crippen LogP contribution in [0.4, 0.5) is 11.4 Å². The number of hydrogen-bond donors (Lipinski definition) is 1. The van der Waals surface area contributed by atoms with Crippen molar-refractivity contribution >= 4 is 11.4 Å². The number of hydrogen-bond acceptors (Lipinski definition) is 5. The van der Waals surface area contributed by atoms with E-state index in [1.807, 2.05) is 0 Å². The molecule has 2 heterocycles. The molecule has 1 unspecified atom stereocenters. The first-order valence-electron chi connectivity index (χ1n) is 6.41. The zero-order valence-corrected chi connectivity index (χ0v) is 11.2. The van der Waals surface area contributed by atoms with Crippen molar-refractivity contribution in [2.45, 2.75) is 33.1 Å². The first kappa shape index (κ1) is 13.9. The van der Waals surface area contributed by atoms with Crippen LogP contribution in [0.5, 0.6) is 0 Å². The van der Waals surface area contributed by atoms with E-state index in [-0.39, 0.29) is 11.4 Å². The standard InChI is InChI=1S/C12H18N4O3/c1-9-8-11(12(15(17)18)10(2)14-9)16(19)7-5-3-4-6-13-16/h8,13H,3-7H2,1-2H3. The van der Waals surface area contributed by atoms with Gasteiger partial charge in [0.25, 0.3) is 0 Å². The Morgan fingerprint density at radius 3 is 2.79 bits per heavy atom. The molecule has 1 aromatic heterocycles. The number of nitrogens with one attached hydrogen (secondary N) is 1. The molecule has 1 atom stereocenters. The summed E-state index contributed by atoms with van der Waals surface area (Å²) in [4.78, 5) is 14.8. The fraction of sp³-hybridized carbons (Fsp3) is 0.583. The second kappa shape index (κ2) is 5.20. The Morgan fingerprint density at radius 2 is 2.11 bits per heavy atom. The van der Waals surface area contributed by atoms with Gasteiger partial charge in [-0.3, -0.25) is 15.1 Å². The molecule has 1 fully saturated rings. The highest BCUT2D eigenvalue weighted by molar-refractivity contribution is 5.63. The van der Waals surface area contributed by atoms with Crippen LogP contribution in [-0.4, -0.2) is 23.0 Å². The van der Waals surface area contributed by atoms with E-state index < -0.39 is 9.68 Å². The van der Waals surface area contributed by atoms with Crippen LogP contribution in [0.1, 0.15) is 30.7 Å². The van der Waals surface area contributed by atoms with Gasteiger partial charge in [-0.2, -0.15) is 5.43 Å². The second-order valence-electron chi connectivity index (χ2n) is 4.91. The molecule has 19 heavy (non-hydrogen) atoms. The maximum Gasteiger partial charge on any atom is 0.352 e. The highest BCUT2D eigenvalue weighted by atomic mass is 16.6. The molecule has 1 N–H and O–H groups in total. The SMILES string of the molecule is Cc1cc([N+]2([O-])CCCCCN2)c([N+](=O)[O-])c(C)n1. The van der Waals surface area contributed by atoms with E-state index in [4.69, 9.17) is 0 Å². The van der Waals surface area contributed by atoms with Crippen LogP contribution in [0.3, 0.4) is 0 Å². The molecule has 0 radical (unpaired) electrons. The summed E-state index contributed by atoms with van der Waals surface area (Å²) in [7, 11) is 0. The van der Waals surface area contributed by atoms with E-state index >= 15 is 0 Å². The second-order valence-corrected chi connectivity index (χ2v) is 4.91. The van der Waals surface area contributed by atoms with E-state index in [9.17, 15) is 15.3 Å². The lowest BCUT2D eigenvalue weighted by Crippen LogP contribution is -2.55. The Hall–Kier alpha value is -1.57. The van der Waals surface area contributed by atoms with E-state index in [1.165, 1.54) is 6.07 Å². The monoisotopic (exact) mass is 266 g/mol. The van der Waals surface area contributed by atoms with Crippen LogP contribution in [-0.2, 0) is 0 Å². The van der Waals surface area contributed by atoms with Crippen molar-refractivity contribution in [2.75, 3.05) is 13.1 Å². The van der Waals surface area contributed by atoms with Crippen LogP contribution in [0.2, 0.25) is 0 Å². The van der Waals surface area contributed by atoms with Gasteiger partial charge in [0.2, 0.25) is 5.69 Å². The van der Waals surface area contributed by atoms with Gasteiger partial charge in [0.1, 0.15) is 12.2 Å². The van der Waals surface area contributed by atoms with Crippen molar-refractivity contribution in [3.8, 4) is 0 Å². The summed E-state index contributed by atoms with van der Waals surface area (Å²) < 4.78 is -0.833. The number of aromatic nitrogens is 1. The molecular weight excluding hydrogens is 248 g/mol. The highest BCUT2D eigenvalue weighted by Gasteiger charge is 2.33. The molecule has 0 bridgehead atoms. The molecule has 0 amide bonds. The van der Waals surface area contributed by atoms with Crippen LogP contribution in [0.15, 0.2) is 6.07 Å². The highest BCUT2D eigenvalue weighted by Crippen LogP contribution is 2.35. The third kappa shape index (κ3) is 2.73. The fourth-order valence-electron chi connectivity index (χ4n) is 2.48. The molecule has 104 valence electrons. The van der Waals surface area contributed by atoms with Gasteiger partial charge in [0, 0.05) is 18.3 Å². The molecule has 0 saturated carbocycles. The molecule has 0 aliphatic carbocycles. The predicted molar refractivity (Wildman–Crippen MR) is 72.2 cm³/mol. The maximum atomic E-state index is 12.9. The fourth-order valence-corrected chi connectivity index (χ4v) is 2.48. The lowest BCUT2D eigenvalue weighted by atomic mass is 10.2. The average Bonchev–Trinajstić information content (AvgIpc) is 2.53. The van der Waals surface area contributed by atoms with Crippen molar-refractivity contribution in [1.82, 2.24) is 15.2 Å². The molecule has 7 nitrogen and oxygen atoms in total. The third-order valence-electron chi connectivity index (χ3n) is 3.36. The first-order valence-corrected chi connectivity index (χ1v) is 6.41. The van der Waals surface area contributed by atoms with Gasteiger partial charge >= 0.3 is 5.69 Å². The van der Waals surface area contributed by atoms with Crippen molar-refractivity contribution in [3.63, 3.8) is 0 Å². The smallest absolute Gasteiger partial charge is 0.352 e. The van der Waals surface area contributed by atoms with E-state index in [2.05, 4.69) is 10.4 Å². The molecule has 2 rings (SSSR count). The van der Waals surface area contributed by atoms with Crippen LogP contribution in [0.25, 0.3) is 0 Å². The summed E-state index contributed by atoms with van der Waals surface area (Å²) in [5.74, 6) is 0. The van der Waals surface area contributed by atoms with Gasteiger partial charge in [0.15, 0.2) is 0 Å². The third-order valence-corrected chi connectivity index (χ3v) is 3.36. The molecule has 1 aromatic rings. The minimum absolute atomic E-state index is 0.164. The normalized spacial score (nSPS) is 23.9. The van der Waals surface area contributed by atoms with Crippen molar-refractivity contribution in [3.05, 3.63) is 32.8 Å². The largest absolute Gasteiger partial charge is 0.606 e. The Labute approximate surface area is 111 Å². The van der Waals surface area contributed by atoms with Crippen molar-refractivity contribution in [1.29, 1.82) is 0 Å². The summed E-state index contributed by atoms with van der Waals surface area (Å²) in [5.41, 5.74) is 3.78. The number of hydroxylamine groups is 1. The van der Waals surface area contributed by atoms with Gasteiger partial charge in [-0.15, -0.1) is 0 Å². The van der Waals surface area contributed by atoms with Gasteiger partial charge in [-0.1, -0.05) is 0 Å². The predicted octanol–water partition coefficient (Wildman–Crippen LogP) is 2.10. The Balaban J connectivity index is 2.56. The maximum absolute atomic E-state index is 12.9. The number of nitro groups is 1. The number of pyridine rings is 1. The summed E-state index contributed by atoms with van der Waals surface area (Å²) in [5, 5.41) is 24.1. The molecule has 0 aromatic carbocycles. The average molecular weight is 266 g/mol. The Morgan fingerprint density at radius 1 is 1.37 bits per heavy atom. The molecule has 7 heteroatoms.